The van der Waals surface area contributed by atoms with Gasteiger partial charge in [-0.3, -0.25) is 4.57 Å². The molecule has 2 heterocycles. The molecule has 0 bridgehead atoms. The third-order valence-corrected chi connectivity index (χ3v) is 3.75. The second-order valence-corrected chi connectivity index (χ2v) is 4.76. The van der Waals surface area contributed by atoms with Gasteiger partial charge < -0.3 is 20.7 Å². The fourth-order valence-corrected chi connectivity index (χ4v) is 2.34. The molecule has 0 unspecified atom stereocenters. The van der Waals surface area contributed by atoms with Crippen LogP contribution in [0.25, 0.3) is 0 Å². The number of aromatic nitrogens is 2. The molecule has 7 nitrogen and oxygen atoms in total. The fourth-order valence-electron chi connectivity index (χ4n) is 1.98. The van der Waals surface area contributed by atoms with Crippen molar-refractivity contribution in [2.45, 2.75) is 24.1 Å². The number of hydrogen-bond acceptors (Lipinski definition) is 7. The lowest BCUT2D eigenvalue weighted by Crippen LogP contribution is -2.47. The molecule has 0 spiro atoms. The number of nitrogen functional groups attached to an aromatic ring is 1. The minimum Gasteiger partial charge on any atom is -0.393 e. The molecular formula is C10H13F2N3O4S. The molecule has 4 N–H and O–H groups in total. The average molecular weight is 309 g/mol. The average Bonchev–Trinajstić information content (AvgIpc) is 2.68. The number of rotatable bonds is 3. The monoisotopic (exact) mass is 309 g/mol. The van der Waals surface area contributed by atoms with Crippen molar-refractivity contribution >= 4 is 18.4 Å². The quantitative estimate of drug-likeness (QED) is 0.525. The molecule has 0 amide bonds. The number of halogens is 2. The topological polar surface area (TPSA) is 111 Å². The Kier molecular flexibility index (Phi) is 4.00. The number of alkyl halides is 1. The van der Waals surface area contributed by atoms with Crippen LogP contribution >= 0.6 is 12.6 Å². The fraction of sp³-hybridized carbons (Fsp3) is 0.600. The summed E-state index contributed by atoms with van der Waals surface area (Å²) in [6, 6.07) is 0. The highest BCUT2D eigenvalue weighted by molar-refractivity contribution is 7.80. The van der Waals surface area contributed by atoms with Crippen LogP contribution in [0.3, 0.4) is 0 Å². The van der Waals surface area contributed by atoms with E-state index in [2.05, 4.69) is 17.6 Å². The summed E-state index contributed by atoms with van der Waals surface area (Å²) in [6.07, 6.45) is -4.76. The molecule has 10 heteroatoms. The highest BCUT2D eigenvalue weighted by atomic mass is 32.1. The SMILES string of the molecule is Nc1nc(=O)n([C@@H]2O[C@@](CO)(CS)[C@@H](O)[C@@H]2F)cc1F. The molecule has 1 aromatic heterocycles. The molecule has 112 valence electrons. The minimum atomic E-state index is -2.06. The second-order valence-electron chi connectivity index (χ2n) is 4.44. The third-order valence-electron chi connectivity index (χ3n) is 3.21. The lowest BCUT2D eigenvalue weighted by Gasteiger charge is -2.27. The molecule has 1 saturated heterocycles. The number of nitrogens with zero attached hydrogens (tertiary/aromatic N) is 2. The van der Waals surface area contributed by atoms with Gasteiger partial charge in [-0.2, -0.15) is 17.6 Å². The first-order valence-corrected chi connectivity index (χ1v) is 6.25. The van der Waals surface area contributed by atoms with E-state index >= 15 is 0 Å². The summed E-state index contributed by atoms with van der Waals surface area (Å²) in [5.41, 5.74) is 2.41. The number of aliphatic hydroxyl groups is 2. The Morgan fingerprint density at radius 2 is 2.30 bits per heavy atom. The van der Waals surface area contributed by atoms with Gasteiger partial charge in [0.2, 0.25) is 0 Å². The Labute approximate surface area is 117 Å². The van der Waals surface area contributed by atoms with Crippen molar-refractivity contribution in [3.05, 3.63) is 22.5 Å². The molecule has 2 rings (SSSR count). The first-order valence-electron chi connectivity index (χ1n) is 5.62. The van der Waals surface area contributed by atoms with Gasteiger partial charge in [0.1, 0.15) is 11.7 Å². The number of ether oxygens (including phenoxy) is 1. The van der Waals surface area contributed by atoms with E-state index in [0.29, 0.717) is 10.8 Å². The van der Waals surface area contributed by atoms with Gasteiger partial charge in [0, 0.05) is 5.75 Å². The molecule has 20 heavy (non-hydrogen) atoms. The van der Waals surface area contributed by atoms with Crippen LogP contribution in [0.15, 0.2) is 11.0 Å². The van der Waals surface area contributed by atoms with Crippen LogP contribution in [0.4, 0.5) is 14.6 Å². The lowest BCUT2D eigenvalue weighted by atomic mass is 9.99. The van der Waals surface area contributed by atoms with Gasteiger partial charge in [0.15, 0.2) is 24.0 Å². The summed E-state index contributed by atoms with van der Waals surface area (Å²) < 4.78 is 33.2. The summed E-state index contributed by atoms with van der Waals surface area (Å²) in [6.45, 7) is -0.714. The maximum atomic E-state index is 14.1. The van der Waals surface area contributed by atoms with Crippen LogP contribution in [0.1, 0.15) is 6.23 Å². The van der Waals surface area contributed by atoms with E-state index in [1.807, 2.05) is 0 Å². The van der Waals surface area contributed by atoms with Crippen molar-refractivity contribution in [1.82, 2.24) is 9.55 Å². The first-order chi connectivity index (χ1) is 9.36. The van der Waals surface area contributed by atoms with Crippen LogP contribution in [-0.2, 0) is 4.74 Å². The van der Waals surface area contributed by atoms with Gasteiger partial charge in [-0.05, 0) is 0 Å². The van der Waals surface area contributed by atoms with Crippen molar-refractivity contribution in [1.29, 1.82) is 0 Å². The van der Waals surface area contributed by atoms with Crippen LogP contribution in [0.5, 0.6) is 0 Å². The lowest BCUT2D eigenvalue weighted by molar-refractivity contribution is -0.114. The molecule has 0 aliphatic carbocycles. The van der Waals surface area contributed by atoms with E-state index in [0.717, 1.165) is 0 Å². The van der Waals surface area contributed by atoms with E-state index < -0.39 is 48.0 Å². The Morgan fingerprint density at radius 1 is 1.65 bits per heavy atom. The van der Waals surface area contributed by atoms with Crippen LogP contribution in [0.2, 0.25) is 0 Å². The Hall–Kier alpha value is -1.23. The zero-order chi connectivity index (χ0) is 15.1. The molecule has 1 aromatic rings. The molecule has 0 radical (unpaired) electrons. The largest absolute Gasteiger partial charge is 0.393 e. The predicted molar refractivity (Wildman–Crippen MR) is 67.6 cm³/mol. The van der Waals surface area contributed by atoms with Crippen LogP contribution in [0, 0.1) is 5.82 Å². The van der Waals surface area contributed by atoms with Crippen LogP contribution < -0.4 is 11.4 Å². The van der Waals surface area contributed by atoms with Gasteiger partial charge in [0.25, 0.3) is 0 Å². The van der Waals surface area contributed by atoms with Crippen molar-refractivity contribution in [2.75, 3.05) is 18.1 Å². The Bertz CT molecular complexity index is 566. The number of hydrogen-bond donors (Lipinski definition) is 4. The smallest absolute Gasteiger partial charge is 0.351 e. The van der Waals surface area contributed by atoms with Crippen molar-refractivity contribution < 1.29 is 23.7 Å². The molecule has 1 aliphatic rings. The second kappa shape index (κ2) is 5.28. The zero-order valence-electron chi connectivity index (χ0n) is 10.1. The summed E-state index contributed by atoms with van der Waals surface area (Å²) in [5.74, 6) is -1.84. The summed E-state index contributed by atoms with van der Waals surface area (Å²) in [7, 11) is 0. The van der Waals surface area contributed by atoms with Crippen molar-refractivity contribution in [3.8, 4) is 0 Å². The van der Waals surface area contributed by atoms with Crippen molar-refractivity contribution in [3.63, 3.8) is 0 Å². The van der Waals surface area contributed by atoms with Crippen molar-refractivity contribution in [2.24, 2.45) is 0 Å². The molecule has 1 aliphatic heterocycles. The maximum Gasteiger partial charge on any atom is 0.351 e. The first kappa shape index (κ1) is 15.2. The van der Waals surface area contributed by atoms with E-state index in [4.69, 9.17) is 10.5 Å². The van der Waals surface area contributed by atoms with Gasteiger partial charge in [-0.1, -0.05) is 0 Å². The van der Waals surface area contributed by atoms with Gasteiger partial charge in [-0.15, -0.1) is 0 Å². The molecule has 1 fully saturated rings. The highest BCUT2D eigenvalue weighted by Gasteiger charge is 2.55. The zero-order valence-corrected chi connectivity index (χ0v) is 11.0. The summed E-state index contributed by atoms with van der Waals surface area (Å²) >= 11 is 3.89. The van der Waals surface area contributed by atoms with Gasteiger partial charge >= 0.3 is 5.69 Å². The molecular weight excluding hydrogens is 296 g/mol. The highest BCUT2D eigenvalue weighted by Crippen LogP contribution is 2.39. The Morgan fingerprint density at radius 3 is 2.80 bits per heavy atom. The van der Waals surface area contributed by atoms with Crippen LogP contribution in [-0.4, -0.2) is 50.0 Å². The van der Waals surface area contributed by atoms with Gasteiger partial charge in [-0.25, -0.2) is 13.6 Å². The maximum absolute atomic E-state index is 14.1. The van der Waals surface area contributed by atoms with E-state index in [9.17, 15) is 23.8 Å². The van der Waals surface area contributed by atoms with Gasteiger partial charge in [0.05, 0.1) is 12.8 Å². The number of thiol groups is 1. The predicted octanol–water partition coefficient (Wildman–Crippen LogP) is -1.15. The van der Waals surface area contributed by atoms with E-state index in [-0.39, 0.29) is 5.75 Å². The Balaban J connectivity index is 2.45. The third kappa shape index (κ3) is 2.18. The number of aliphatic hydroxyl groups excluding tert-OH is 2. The molecule has 4 atom stereocenters. The number of nitrogens with two attached hydrogens (primary N) is 1. The molecule has 0 saturated carbocycles. The molecule has 0 aromatic carbocycles. The van der Waals surface area contributed by atoms with E-state index in [1.54, 1.807) is 0 Å². The van der Waals surface area contributed by atoms with E-state index in [1.165, 1.54) is 0 Å². The summed E-state index contributed by atoms with van der Waals surface area (Å²) in [4.78, 5) is 14.8. The summed E-state index contributed by atoms with van der Waals surface area (Å²) in [5, 5.41) is 19.0. The normalized spacial score (nSPS) is 33.5. The minimum absolute atomic E-state index is 0.193. The number of anilines is 1. The standard InChI is InChI=1S/C10H13F2N3O4S/c11-4-1-15(9(18)14-7(4)13)8-5(12)6(17)10(2-16,3-20)19-8/h1,5-6,8,16-17,20H,2-3H2,(H2,13,14,18)/t5-,6-,8+,10-/m0/s1.